The first kappa shape index (κ1) is 35.7. The van der Waals surface area contributed by atoms with Gasteiger partial charge in [0.05, 0.1) is 0 Å². The number of aryl methyl sites for hydroxylation is 2. The molecule has 1 aromatic heterocycles. The Kier molecular flexibility index (Phi) is 11.8. The fraction of sp³-hybridized carbons (Fsp3) is 0.188. The average molecular weight is 661 g/mol. The zero-order chi connectivity index (χ0) is 34.9. The molecule has 4 rings (SSSR count). The minimum atomic E-state index is -5.08. The van der Waals surface area contributed by atoms with E-state index in [1.165, 1.54) is 24.3 Å². The third kappa shape index (κ3) is 10.1. The second kappa shape index (κ2) is 15.5. The van der Waals surface area contributed by atoms with Gasteiger partial charge in [-0.05, 0) is 56.5 Å². The van der Waals surface area contributed by atoms with Crippen molar-refractivity contribution in [3.8, 4) is 23.3 Å². The lowest BCUT2D eigenvalue weighted by Crippen LogP contribution is -2.21. The Hall–Kier alpha value is -5.73. The molecule has 0 aliphatic heterocycles. The van der Waals surface area contributed by atoms with Crippen molar-refractivity contribution in [3.05, 3.63) is 107 Å². The van der Waals surface area contributed by atoms with Crippen LogP contribution in [-0.4, -0.2) is 45.2 Å². The number of hydrogen-bond acceptors (Lipinski definition) is 7. The van der Waals surface area contributed by atoms with Crippen LogP contribution in [0.1, 0.15) is 40.4 Å². The zero-order valence-electron chi connectivity index (χ0n) is 24.9. The molecule has 10 nitrogen and oxygen atoms in total. The number of alkyl halides is 3. The first-order valence-corrected chi connectivity index (χ1v) is 13.7. The Bertz CT molecular complexity index is 1750. The average Bonchev–Trinajstić information content (AvgIpc) is 3.01. The molecule has 1 heterocycles. The van der Waals surface area contributed by atoms with E-state index in [0.29, 0.717) is 24.0 Å². The summed E-state index contributed by atoms with van der Waals surface area (Å²) >= 11 is 0. The number of carbonyl (C=O) groups is 2. The molecule has 248 valence electrons. The van der Waals surface area contributed by atoms with Gasteiger partial charge in [-0.1, -0.05) is 54.1 Å². The molecule has 0 fully saturated rings. The van der Waals surface area contributed by atoms with Crippen LogP contribution in [0.4, 0.5) is 27.6 Å². The number of anilines is 1. The highest BCUT2D eigenvalue weighted by atomic mass is 19.4. The third-order valence-corrected chi connectivity index (χ3v) is 6.29. The number of halogens is 5. The topological polar surface area (TPSA) is 168 Å². The van der Waals surface area contributed by atoms with E-state index >= 15 is 8.78 Å². The van der Waals surface area contributed by atoms with Crippen LogP contribution in [0.25, 0.3) is 0 Å². The van der Waals surface area contributed by atoms with Crippen molar-refractivity contribution >= 4 is 23.5 Å². The molecule has 0 aliphatic rings. The molecule has 0 aliphatic carbocycles. The number of benzene rings is 3. The number of amidine groups is 1. The summed E-state index contributed by atoms with van der Waals surface area (Å²) in [7, 11) is 0. The normalized spacial score (nSPS) is 11.5. The van der Waals surface area contributed by atoms with Gasteiger partial charge in [0.1, 0.15) is 28.6 Å². The van der Waals surface area contributed by atoms with Gasteiger partial charge < -0.3 is 30.7 Å². The summed E-state index contributed by atoms with van der Waals surface area (Å²) in [4.78, 5) is 24.6. The molecule has 0 spiro atoms. The van der Waals surface area contributed by atoms with E-state index in [9.17, 15) is 23.1 Å². The van der Waals surface area contributed by atoms with Gasteiger partial charge in [-0.15, -0.1) is 0 Å². The summed E-state index contributed by atoms with van der Waals surface area (Å²) in [6.45, 7) is 3.48. The molecule has 4 aromatic rings. The summed E-state index contributed by atoms with van der Waals surface area (Å²) in [5, 5.41) is 27.2. The molecule has 6 N–H and O–H groups in total. The number of ether oxygens (including phenoxy) is 2. The Morgan fingerprint density at radius 1 is 0.957 bits per heavy atom. The fourth-order valence-electron chi connectivity index (χ4n) is 3.95. The number of nitrogens with two attached hydrogens (primary N) is 1. The number of nitrogens with zero attached hydrogens (tertiary/aromatic N) is 1. The standard InChI is InChI=1S/C30H28F2N4O4.C2HF3O2/c1-17-11-14-23(22(15-17)30(37)38)40-29-25(32)26(35-18(2)12-13-19-7-4-3-5-8-19)24(31)28(36-29)39-21-10-6-9-20(16-21)27(33)34;3-2(4,5)1(6)7/h3-11,14-16,18H,12-13H2,1-2H3,(H3,33,34)(H,35,36)(H,37,38);(H,6,7). The van der Waals surface area contributed by atoms with Crippen molar-refractivity contribution in [2.75, 3.05) is 5.32 Å². The Morgan fingerprint density at radius 2 is 1.57 bits per heavy atom. The molecule has 1 atom stereocenters. The van der Waals surface area contributed by atoms with Gasteiger partial charge in [0, 0.05) is 11.6 Å². The van der Waals surface area contributed by atoms with Crippen LogP contribution in [-0.2, 0) is 11.2 Å². The molecule has 1 unspecified atom stereocenters. The number of carboxylic acids is 2. The zero-order valence-corrected chi connectivity index (χ0v) is 24.9. The minimum Gasteiger partial charge on any atom is -0.478 e. The SMILES string of the molecule is Cc1ccc(Oc2nc(Oc3cccc(C(=N)N)c3)c(F)c(NC(C)CCc3ccccc3)c2F)c(C(=O)O)c1.O=C(O)C(F)(F)F. The lowest BCUT2D eigenvalue weighted by Gasteiger charge is -2.19. The summed E-state index contributed by atoms with van der Waals surface area (Å²) < 4.78 is 74.4. The van der Waals surface area contributed by atoms with E-state index < -0.39 is 47.2 Å². The molecule has 0 saturated carbocycles. The second-order valence-electron chi connectivity index (χ2n) is 10.0. The Labute approximate surface area is 265 Å². The number of nitrogens with one attached hydrogen (secondary N) is 2. The summed E-state index contributed by atoms with van der Waals surface area (Å²) in [5.41, 5.74) is 6.85. The number of pyridine rings is 1. The number of aromatic carboxylic acids is 1. The fourth-order valence-corrected chi connectivity index (χ4v) is 3.95. The molecule has 0 saturated heterocycles. The van der Waals surface area contributed by atoms with Gasteiger partial charge in [-0.3, -0.25) is 5.41 Å². The van der Waals surface area contributed by atoms with Gasteiger partial charge in [-0.25, -0.2) is 9.59 Å². The number of rotatable bonds is 11. The molecule has 15 heteroatoms. The van der Waals surface area contributed by atoms with Crippen molar-refractivity contribution in [2.24, 2.45) is 5.73 Å². The van der Waals surface area contributed by atoms with Crippen LogP contribution in [0.5, 0.6) is 23.3 Å². The maximum Gasteiger partial charge on any atom is 0.490 e. The van der Waals surface area contributed by atoms with Crippen LogP contribution in [0.15, 0.2) is 72.8 Å². The van der Waals surface area contributed by atoms with Gasteiger partial charge in [-0.2, -0.15) is 26.9 Å². The van der Waals surface area contributed by atoms with Gasteiger partial charge in [0.25, 0.3) is 11.8 Å². The Morgan fingerprint density at radius 3 is 2.15 bits per heavy atom. The largest absolute Gasteiger partial charge is 0.490 e. The van der Waals surface area contributed by atoms with Crippen molar-refractivity contribution in [3.63, 3.8) is 0 Å². The summed E-state index contributed by atoms with van der Waals surface area (Å²) in [5.74, 6) is -7.89. The Balaban J connectivity index is 0.000000771. The highest BCUT2D eigenvalue weighted by Gasteiger charge is 2.38. The van der Waals surface area contributed by atoms with E-state index in [4.69, 9.17) is 30.5 Å². The molecular weight excluding hydrogens is 631 g/mol. The maximum atomic E-state index is 15.7. The molecule has 47 heavy (non-hydrogen) atoms. The van der Waals surface area contributed by atoms with E-state index in [0.717, 1.165) is 5.56 Å². The molecule has 0 amide bonds. The second-order valence-corrected chi connectivity index (χ2v) is 10.0. The van der Waals surface area contributed by atoms with Crippen LogP contribution in [0.2, 0.25) is 0 Å². The lowest BCUT2D eigenvalue weighted by molar-refractivity contribution is -0.192. The van der Waals surface area contributed by atoms with E-state index in [1.54, 1.807) is 32.0 Å². The minimum absolute atomic E-state index is 0.0984. The van der Waals surface area contributed by atoms with Crippen LogP contribution < -0.4 is 20.5 Å². The van der Waals surface area contributed by atoms with Crippen LogP contribution in [0.3, 0.4) is 0 Å². The highest BCUT2D eigenvalue weighted by molar-refractivity contribution is 5.95. The van der Waals surface area contributed by atoms with Crippen LogP contribution >= 0.6 is 0 Å². The predicted molar refractivity (Wildman–Crippen MR) is 161 cm³/mol. The van der Waals surface area contributed by atoms with Crippen molar-refractivity contribution in [1.82, 2.24) is 4.98 Å². The number of aromatic nitrogens is 1. The maximum absolute atomic E-state index is 15.7. The number of carboxylic acid groups (broad SMARTS) is 2. The van der Waals surface area contributed by atoms with E-state index in [-0.39, 0.29) is 28.9 Å². The van der Waals surface area contributed by atoms with Crippen LogP contribution in [0, 0.1) is 24.0 Å². The quantitative estimate of drug-likeness (QED) is 0.0630. The predicted octanol–water partition coefficient (Wildman–Crippen LogP) is 7.30. The van der Waals surface area contributed by atoms with Gasteiger partial charge >= 0.3 is 18.1 Å². The monoisotopic (exact) mass is 660 g/mol. The number of hydrogen-bond donors (Lipinski definition) is 5. The lowest BCUT2D eigenvalue weighted by atomic mass is 10.1. The molecular formula is C32H29F5N4O6. The van der Waals surface area contributed by atoms with Gasteiger partial charge in [0.2, 0.25) is 11.6 Å². The van der Waals surface area contributed by atoms with Crippen molar-refractivity contribution in [2.45, 2.75) is 38.9 Å². The molecule has 0 radical (unpaired) electrons. The summed E-state index contributed by atoms with van der Waals surface area (Å²) in [6, 6.07) is 19.7. The molecule has 3 aromatic carbocycles. The third-order valence-electron chi connectivity index (χ3n) is 6.29. The molecule has 0 bridgehead atoms. The number of nitrogen functional groups attached to an aromatic ring is 1. The van der Waals surface area contributed by atoms with Gasteiger partial charge in [0.15, 0.2) is 0 Å². The van der Waals surface area contributed by atoms with E-state index in [2.05, 4.69) is 10.3 Å². The first-order valence-electron chi connectivity index (χ1n) is 13.7. The smallest absolute Gasteiger partial charge is 0.478 e. The highest BCUT2D eigenvalue weighted by Crippen LogP contribution is 2.37. The van der Waals surface area contributed by atoms with Crippen molar-refractivity contribution in [1.29, 1.82) is 5.41 Å². The number of aliphatic carboxylic acids is 1. The first-order chi connectivity index (χ1) is 22.1. The van der Waals surface area contributed by atoms with E-state index in [1.807, 2.05) is 30.3 Å². The summed E-state index contributed by atoms with van der Waals surface area (Å²) in [6.07, 6.45) is -3.86. The van der Waals surface area contributed by atoms with Crippen molar-refractivity contribution < 1.29 is 51.2 Å².